The highest BCUT2D eigenvalue weighted by Gasteiger charge is 2.41. The summed E-state index contributed by atoms with van der Waals surface area (Å²) in [5.74, 6) is 0.253. The van der Waals surface area contributed by atoms with E-state index in [1.807, 2.05) is 24.3 Å². The molecule has 5 rings (SSSR count). The quantitative estimate of drug-likeness (QED) is 0.668. The number of para-hydroxylation sites is 1. The van der Waals surface area contributed by atoms with Crippen LogP contribution >= 0.6 is 0 Å². The van der Waals surface area contributed by atoms with Crippen LogP contribution in [0.1, 0.15) is 5.56 Å². The van der Waals surface area contributed by atoms with E-state index in [1.54, 1.807) is 19.2 Å². The lowest BCUT2D eigenvalue weighted by molar-refractivity contribution is -0.120. The number of carbonyl (C=O) groups excluding carboxylic acids is 1. The lowest BCUT2D eigenvalue weighted by atomic mass is 9.83. The third-order valence-corrected chi connectivity index (χ3v) is 6.49. The van der Waals surface area contributed by atoms with E-state index < -0.39 is 0 Å². The molecule has 0 bridgehead atoms. The molecular weight excluding hydrogens is 405 g/mol. The monoisotopic (exact) mass is 431 g/mol. The molecule has 2 atom stereocenters. The SMILES string of the molecule is COc1cccc(N2CCN3c4ccccc4CC(C(=O)Nc4ccc(F)cc4)C3C2)c1. The van der Waals surface area contributed by atoms with Gasteiger partial charge in [0.1, 0.15) is 11.6 Å². The van der Waals surface area contributed by atoms with Crippen molar-refractivity contribution in [3.05, 3.63) is 84.2 Å². The van der Waals surface area contributed by atoms with E-state index in [-0.39, 0.29) is 23.7 Å². The molecule has 5 nitrogen and oxygen atoms in total. The van der Waals surface area contributed by atoms with Crippen molar-refractivity contribution in [3.63, 3.8) is 0 Å². The highest BCUT2D eigenvalue weighted by Crippen LogP contribution is 2.37. The lowest BCUT2D eigenvalue weighted by Crippen LogP contribution is -2.60. The number of benzene rings is 3. The van der Waals surface area contributed by atoms with Crippen molar-refractivity contribution in [1.82, 2.24) is 0 Å². The van der Waals surface area contributed by atoms with Gasteiger partial charge < -0.3 is 19.9 Å². The first-order valence-electron chi connectivity index (χ1n) is 10.9. The number of carbonyl (C=O) groups is 1. The first-order chi connectivity index (χ1) is 15.6. The van der Waals surface area contributed by atoms with Crippen LogP contribution in [0.3, 0.4) is 0 Å². The molecule has 3 aromatic carbocycles. The van der Waals surface area contributed by atoms with E-state index in [1.165, 1.54) is 23.4 Å². The minimum Gasteiger partial charge on any atom is -0.497 e. The third-order valence-electron chi connectivity index (χ3n) is 6.49. The Balaban J connectivity index is 1.44. The summed E-state index contributed by atoms with van der Waals surface area (Å²) in [6.07, 6.45) is 0.677. The van der Waals surface area contributed by atoms with Gasteiger partial charge in [0, 0.05) is 42.8 Å². The summed E-state index contributed by atoms with van der Waals surface area (Å²) in [6.45, 7) is 2.44. The maximum absolute atomic E-state index is 13.4. The van der Waals surface area contributed by atoms with Gasteiger partial charge >= 0.3 is 0 Å². The molecule has 0 aliphatic carbocycles. The number of methoxy groups -OCH3 is 1. The van der Waals surface area contributed by atoms with Gasteiger partial charge in [-0.3, -0.25) is 4.79 Å². The van der Waals surface area contributed by atoms with Crippen molar-refractivity contribution in [1.29, 1.82) is 0 Å². The average Bonchev–Trinajstić information content (AvgIpc) is 2.84. The van der Waals surface area contributed by atoms with Crippen molar-refractivity contribution in [2.75, 3.05) is 41.9 Å². The molecular formula is C26H26FN3O2. The Morgan fingerprint density at radius 2 is 1.84 bits per heavy atom. The molecule has 2 unspecified atom stereocenters. The van der Waals surface area contributed by atoms with Crippen LogP contribution in [0.2, 0.25) is 0 Å². The predicted octanol–water partition coefficient (Wildman–Crippen LogP) is 4.34. The number of fused-ring (bicyclic) bond motifs is 3. The van der Waals surface area contributed by atoms with Crippen molar-refractivity contribution in [3.8, 4) is 5.75 Å². The summed E-state index contributed by atoms with van der Waals surface area (Å²) in [6, 6.07) is 22.4. The van der Waals surface area contributed by atoms with E-state index in [2.05, 4.69) is 39.4 Å². The second-order valence-electron chi connectivity index (χ2n) is 8.34. The zero-order valence-electron chi connectivity index (χ0n) is 18.0. The Bertz CT molecular complexity index is 1120. The fraction of sp³-hybridized carbons (Fsp3) is 0.269. The summed E-state index contributed by atoms with van der Waals surface area (Å²) in [4.78, 5) is 18.1. The number of halogens is 1. The molecule has 1 amide bonds. The molecule has 0 aromatic heterocycles. The van der Waals surface area contributed by atoms with Crippen molar-refractivity contribution < 1.29 is 13.9 Å². The van der Waals surface area contributed by atoms with Gasteiger partial charge in [0.25, 0.3) is 0 Å². The van der Waals surface area contributed by atoms with Crippen LogP contribution in [0.4, 0.5) is 21.5 Å². The molecule has 0 radical (unpaired) electrons. The Morgan fingerprint density at radius 3 is 2.66 bits per heavy atom. The van der Waals surface area contributed by atoms with E-state index in [4.69, 9.17) is 4.74 Å². The van der Waals surface area contributed by atoms with E-state index in [0.717, 1.165) is 31.1 Å². The number of ether oxygens (including phenoxy) is 1. The van der Waals surface area contributed by atoms with Gasteiger partial charge in [0.2, 0.25) is 5.91 Å². The smallest absolute Gasteiger partial charge is 0.229 e. The summed E-state index contributed by atoms with van der Waals surface area (Å²) < 4.78 is 18.7. The Labute approximate surface area is 187 Å². The summed E-state index contributed by atoms with van der Waals surface area (Å²) in [5, 5.41) is 3.00. The molecule has 164 valence electrons. The van der Waals surface area contributed by atoms with Gasteiger partial charge in [-0.25, -0.2) is 4.39 Å². The zero-order chi connectivity index (χ0) is 22.1. The molecule has 2 aliphatic rings. The maximum atomic E-state index is 13.4. The summed E-state index contributed by atoms with van der Waals surface area (Å²) in [5.41, 5.74) is 4.12. The van der Waals surface area contributed by atoms with Crippen LogP contribution in [-0.4, -0.2) is 38.7 Å². The lowest BCUT2D eigenvalue weighted by Gasteiger charge is -2.49. The number of hydrogen-bond acceptors (Lipinski definition) is 4. The topological polar surface area (TPSA) is 44.8 Å². The van der Waals surface area contributed by atoms with E-state index >= 15 is 0 Å². The fourth-order valence-electron chi connectivity index (χ4n) is 4.87. The molecule has 32 heavy (non-hydrogen) atoms. The first-order valence-corrected chi connectivity index (χ1v) is 10.9. The Hall–Kier alpha value is -3.54. The molecule has 2 aliphatic heterocycles. The minimum absolute atomic E-state index is 0.0327. The molecule has 0 saturated carbocycles. The standard InChI is InChI=1S/C26H26FN3O2/c1-32-22-7-4-6-21(16-22)29-13-14-30-24-8-3-2-5-18(24)15-23(25(30)17-29)26(31)28-20-11-9-19(27)10-12-20/h2-12,16,23,25H,13-15,17H2,1H3,(H,28,31). The van der Waals surface area contributed by atoms with Crippen LogP contribution in [-0.2, 0) is 11.2 Å². The second kappa shape index (κ2) is 8.54. The van der Waals surface area contributed by atoms with Gasteiger partial charge in [-0.1, -0.05) is 24.3 Å². The number of nitrogens with one attached hydrogen (secondary N) is 1. The average molecular weight is 432 g/mol. The van der Waals surface area contributed by atoms with Crippen molar-refractivity contribution in [2.45, 2.75) is 12.5 Å². The van der Waals surface area contributed by atoms with Gasteiger partial charge in [-0.15, -0.1) is 0 Å². The third kappa shape index (κ3) is 3.88. The van der Waals surface area contributed by atoms with Crippen LogP contribution in [0.15, 0.2) is 72.8 Å². The van der Waals surface area contributed by atoms with Crippen molar-refractivity contribution >= 4 is 23.0 Å². The number of hydrogen-bond donors (Lipinski definition) is 1. The molecule has 0 spiro atoms. The van der Waals surface area contributed by atoms with E-state index in [0.29, 0.717) is 12.1 Å². The largest absolute Gasteiger partial charge is 0.497 e. The van der Waals surface area contributed by atoms with Gasteiger partial charge in [0.05, 0.1) is 19.1 Å². The van der Waals surface area contributed by atoms with Crippen molar-refractivity contribution in [2.24, 2.45) is 5.92 Å². The maximum Gasteiger partial charge on any atom is 0.229 e. The number of rotatable bonds is 4. The molecule has 1 N–H and O–H groups in total. The highest BCUT2D eigenvalue weighted by molar-refractivity contribution is 5.94. The van der Waals surface area contributed by atoms with Crippen LogP contribution < -0.4 is 19.9 Å². The second-order valence-corrected chi connectivity index (χ2v) is 8.34. The van der Waals surface area contributed by atoms with Gasteiger partial charge in [-0.05, 0) is 54.4 Å². The Morgan fingerprint density at radius 1 is 1.03 bits per heavy atom. The summed E-state index contributed by atoms with van der Waals surface area (Å²) >= 11 is 0. The number of amides is 1. The van der Waals surface area contributed by atoms with Gasteiger partial charge in [-0.2, -0.15) is 0 Å². The number of anilines is 3. The molecule has 2 heterocycles. The van der Waals surface area contributed by atoms with E-state index in [9.17, 15) is 9.18 Å². The number of piperazine rings is 1. The van der Waals surface area contributed by atoms with Crippen LogP contribution in [0.5, 0.6) is 5.75 Å². The fourth-order valence-corrected chi connectivity index (χ4v) is 4.87. The zero-order valence-corrected chi connectivity index (χ0v) is 18.0. The molecule has 1 saturated heterocycles. The highest BCUT2D eigenvalue weighted by atomic mass is 19.1. The first kappa shape index (κ1) is 20.4. The normalized spacial score (nSPS) is 19.7. The van der Waals surface area contributed by atoms with Gasteiger partial charge in [0.15, 0.2) is 0 Å². The van der Waals surface area contributed by atoms with Crippen LogP contribution in [0.25, 0.3) is 0 Å². The molecule has 6 heteroatoms. The predicted molar refractivity (Wildman–Crippen MR) is 125 cm³/mol. The number of nitrogens with zero attached hydrogens (tertiary/aromatic N) is 2. The van der Waals surface area contributed by atoms with Crippen LogP contribution in [0, 0.1) is 11.7 Å². The summed E-state index contributed by atoms with van der Waals surface area (Å²) in [7, 11) is 1.67. The molecule has 3 aromatic rings. The molecule has 1 fully saturated rings. The Kier molecular flexibility index (Phi) is 5.43. The minimum atomic E-state index is -0.318.